The molecule has 3 aromatic rings. The second kappa shape index (κ2) is 13.7. The van der Waals surface area contributed by atoms with Gasteiger partial charge in [-0.1, -0.05) is 73.0 Å². The molecule has 0 spiro atoms. The van der Waals surface area contributed by atoms with Crippen LogP contribution in [0.3, 0.4) is 0 Å². The minimum absolute atomic E-state index is 0.00563. The minimum atomic E-state index is -1.30. The zero-order valence-electron chi connectivity index (χ0n) is 23.3. The van der Waals surface area contributed by atoms with Crippen molar-refractivity contribution in [3.8, 4) is 30.6 Å². The molecule has 8 heteroatoms. The van der Waals surface area contributed by atoms with Crippen molar-refractivity contribution in [3.05, 3.63) is 101 Å². The highest BCUT2D eigenvalue weighted by Gasteiger charge is 2.37. The first-order chi connectivity index (χ1) is 19.5. The molecule has 0 saturated heterocycles. The molecule has 0 fully saturated rings. The Kier molecular flexibility index (Phi) is 10.2. The van der Waals surface area contributed by atoms with Crippen LogP contribution in [0.4, 0.5) is 4.79 Å². The molecule has 0 heterocycles. The van der Waals surface area contributed by atoms with Gasteiger partial charge in [-0.05, 0) is 50.1 Å². The topological polar surface area (TPSA) is 108 Å². The number of benzene rings is 3. The first-order valence-electron chi connectivity index (χ1n) is 13.0. The van der Waals surface area contributed by atoms with E-state index in [0.717, 1.165) is 10.5 Å². The van der Waals surface area contributed by atoms with Crippen LogP contribution < -0.4 is 10.6 Å². The summed E-state index contributed by atoms with van der Waals surface area (Å²) in [4.78, 5) is 41.5. The van der Waals surface area contributed by atoms with Gasteiger partial charge in [0.05, 0.1) is 0 Å². The van der Waals surface area contributed by atoms with Crippen LogP contribution >= 0.6 is 0 Å². The molecule has 0 aliphatic carbocycles. The lowest BCUT2D eigenvalue weighted by atomic mass is 9.97. The first-order valence-corrected chi connectivity index (χ1v) is 13.0. The van der Waals surface area contributed by atoms with Gasteiger partial charge in [0.25, 0.3) is 5.91 Å². The maximum Gasteiger partial charge on any atom is 0.408 e. The largest absolute Gasteiger partial charge is 0.508 e. The monoisotopic (exact) mass is 551 g/mol. The van der Waals surface area contributed by atoms with Crippen molar-refractivity contribution in [2.24, 2.45) is 0 Å². The van der Waals surface area contributed by atoms with Crippen molar-refractivity contribution in [2.75, 3.05) is 0 Å². The summed E-state index contributed by atoms with van der Waals surface area (Å²) in [6.07, 6.45) is 10.8. The third-order valence-electron chi connectivity index (χ3n) is 5.97. The highest BCUT2D eigenvalue weighted by Crippen LogP contribution is 2.26. The van der Waals surface area contributed by atoms with Crippen LogP contribution in [0.15, 0.2) is 78.9 Å². The molecule has 41 heavy (non-hydrogen) atoms. The predicted molar refractivity (Wildman–Crippen MR) is 156 cm³/mol. The van der Waals surface area contributed by atoms with Crippen LogP contribution in [0.1, 0.15) is 49.1 Å². The van der Waals surface area contributed by atoms with Gasteiger partial charge in [0.15, 0.2) is 0 Å². The highest BCUT2D eigenvalue weighted by atomic mass is 16.6. The number of hydrogen-bond acceptors (Lipinski definition) is 5. The molecule has 0 aliphatic rings. The second-order valence-corrected chi connectivity index (χ2v) is 10.2. The summed E-state index contributed by atoms with van der Waals surface area (Å²) in [5.74, 6) is 1.32. The van der Waals surface area contributed by atoms with E-state index in [1.807, 2.05) is 30.3 Å². The summed E-state index contributed by atoms with van der Waals surface area (Å²) >= 11 is 0. The van der Waals surface area contributed by atoms with E-state index in [-0.39, 0.29) is 18.7 Å². The highest BCUT2D eigenvalue weighted by molar-refractivity contribution is 5.93. The van der Waals surface area contributed by atoms with Gasteiger partial charge in [-0.2, -0.15) is 0 Å². The fourth-order valence-electron chi connectivity index (χ4n) is 4.10. The van der Waals surface area contributed by atoms with E-state index in [0.29, 0.717) is 16.7 Å². The van der Waals surface area contributed by atoms with Crippen LogP contribution in [0, 0.1) is 24.8 Å². The average molecular weight is 552 g/mol. The number of rotatable bonds is 9. The normalized spacial score (nSPS) is 12.1. The van der Waals surface area contributed by atoms with Crippen molar-refractivity contribution in [1.82, 2.24) is 15.5 Å². The molecule has 0 bridgehead atoms. The molecule has 0 radical (unpaired) electrons. The SMILES string of the molecule is C#Cc1ccccc1C(C(=O)NCc1ccccc1)N(C#C)C(=O)C(Cc1ccc(O)cc1)NC(=O)OC(C)(C)C. The van der Waals surface area contributed by atoms with Gasteiger partial charge in [0.2, 0.25) is 5.91 Å². The third-order valence-corrected chi connectivity index (χ3v) is 5.97. The minimum Gasteiger partial charge on any atom is -0.508 e. The summed E-state index contributed by atoms with van der Waals surface area (Å²) in [7, 11) is 0. The number of phenolic OH excluding ortho intramolecular Hbond substituents is 1. The van der Waals surface area contributed by atoms with E-state index in [1.165, 1.54) is 12.1 Å². The van der Waals surface area contributed by atoms with Crippen LogP contribution in [0.25, 0.3) is 0 Å². The Morgan fingerprint density at radius 1 is 0.927 bits per heavy atom. The van der Waals surface area contributed by atoms with Gasteiger partial charge < -0.3 is 20.5 Å². The molecule has 3 rings (SSSR count). The molecule has 2 unspecified atom stereocenters. The summed E-state index contributed by atoms with van der Waals surface area (Å²) in [5.41, 5.74) is 1.39. The zero-order valence-corrected chi connectivity index (χ0v) is 23.3. The van der Waals surface area contributed by atoms with Crippen LogP contribution in [0.2, 0.25) is 0 Å². The van der Waals surface area contributed by atoms with Gasteiger partial charge in [-0.15, -0.1) is 6.42 Å². The van der Waals surface area contributed by atoms with Crippen molar-refractivity contribution in [2.45, 2.75) is 51.4 Å². The number of aromatic hydroxyl groups is 1. The number of terminal acetylenes is 2. The smallest absolute Gasteiger partial charge is 0.408 e. The van der Waals surface area contributed by atoms with Crippen molar-refractivity contribution in [3.63, 3.8) is 0 Å². The number of carbonyl (C=O) groups is 3. The molecule has 2 atom stereocenters. The van der Waals surface area contributed by atoms with E-state index < -0.39 is 35.6 Å². The predicted octanol–water partition coefficient (Wildman–Crippen LogP) is 4.29. The van der Waals surface area contributed by atoms with E-state index in [1.54, 1.807) is 57.2 Å². The molecule has 0 aromatic heterocycles. The fraction of sp³-hybridized carbons (Fsp3) is 0.242. The Labute approximate surface area is 240 Å². The summed E-state index contributed by atoms with van der Waals surface area (Å²) < 4.78 is 5.39. The summed E-state index contributed by atoms with van der Waals surface area (Å²) in [5, 5.41) is 15.1. The standard InChI is InChI=1S/C33H33N3O5/c1-6-25-15-11-12-16-27(25)29(30(38)34-22-24-13-9-8-10-14-24)36(7-2)31(39)28(35-32(40)41-33(3,4)5)21-23-17-19-26(37)20-18-23/h1-2,8-20,28-29,37H,21-22H2,3-5H3,(H,34,38)(H,35,40). The molecule has 8 nitrogen and oxygen atoms in total. The molecular weight excluding hydrogens is 518 g/mol. The van der Waals surface area contributed by atoms with Crippen molar-refractivity contribution in [1.29, 1.82) is 0 Å². The Morgan fingerprint density at radius 2 is 1.56 bits per heavy atom. The number of nitrogens with one attached hydrogen (secondary N) is 2. The lowest BCUT2D eigenvalue weighted by Crippen LogP contribution is -2.52. The Bertz CT molecular complexity index is 1450. The molecule has 3 N–H and O–H groups in total. The van der Waals surface area contributed by atoms with Gasteiger partial charge in [0.1, 0.15) is 23.4 Å². The summed E-state index contributed by atoms with van der Waals surface area (Å²) in [6.45, 7) is 5.27. The molecule has 0 saturated carbocycles. The number of ether oxygens (including phenoxy) is 1. The Hall–Kier alpha value is -5.21. The molecule has 0 aliphatic heterocycles. The maximum absolute atomic E-state index is 14.1. The first kappa shape index (κ1) is 30.3. The van der Waals surface area contributed by atoms with Crippen molar-refractivity contribution < 1.29 is 24.2 Å². The van der Waals surface area contributed by atoms with Gasteiger partial charge in [-0.3, -0.25) is 14.5 Å². The van der Waals surface area contributed by atoms with Gasteiger partial charge >= 0.3 is 6.09 Å². The number of nitrogens with zero attached hydrogens (tertiary/aromatic N) is 1. The molecule has 210 valence electrons. The number of amides is 3. The quantitative estimate of drug-likeness (QED) is 0.272. The molecule has 3 aromatic carbocycles. The lowest BCUT2D eigenvalue weighted by Gasteiger charge is -2.31. The maximum atomic E-state index is 14.1. The Balaban J connectivity index is 2.01. The van der Waals surface area contributed by atoms with E-state index in [2.05, 4.69) is 22.6 Å². The third kappa shape index (κ3) is 8.64. The average Bonchev–Trinajstić information content (AvgIpc) is 2.94. The zero-order chi connectivity index (χ0) is 30.0. The fourth-order valence-corrected chi connectivity index (χ4v) is 4.10. The second-order valence-electron chi connectivity index (χ2n) is 10.2. The van der Waals surface area contributed by atoms with E-state index >= 15 is 0 Å². The van der Waals surface area contributed by atoms with Gasteiger partial charge in [-0.25, -0.2) is 4.79 Å². The van der Waals surface area contributed by atoms with Crippen LogP contribution in [-0.4, -0.2) is 39.6 Å². The van der Waals surface area contributed by atoms with Gasteiger partial charge in [0, 0.05) is 30.1 Å². The summed E-state index contributed by atoms with van der Waals surface area (Å²) in [6, 6.07) is 22.0. The number of hydrogen-bond donors (Lipinski definition) is 3. The number of carbonyl (C=O) groups excluding carboxylic acids is 3. The van der Waals surface area contributed by atoms with E-state index in [9.17, 15) is 19.5 Å². The number of alkyl carbamates (subject to hydrolysis) is 1. The molecule has 3 amide bonds. The van der Waals surface area contributed by atoms with Crippen LogP contribution in [-0.2, 0) is 27.3 Å². The molecular formula is C33H33N3O5. The Morgan fingerprint density at radius 3 is 2.17 bits per heavy atom. The van der Waals surface area contributed by atoms with Crippen molar-refractivity contribution >= 4 is 17.9 Å². The number of phenols is 1. The lowest BCUT2D eigenvalue weighted by molar-refractivity contribution is -0.138. The van der Waals surface area contributed by atoms with Crippen LogP contribution in [0.5, 0.6) is 5.75 Å². The van der Waals surface area contributed by atoms with E-state index in [4.69, 9.17) is 17.6 Å².